The number of nitrogens with zero attached hydrogens (tertiary/aromatic N) is 1. The number of aryl methyl sites for hydroxylation is 3. The maximum Gasteiger partial charge on any atom is 0.289 e. The molecule has 26 heavy (non-hydrogen) atoms. The zero-order valence-electron chi connectivity index (χ0n) is 15.8. The summed E-state index contributed by atoms with van der Waals surface area (Å²) in [5.41, 5.74) is 2.43. The Morgan fingerprint density at radius 1 is 1.27 bits per heavy atom. The number of carbonyl (C=O) groups is 2. The predicted octanol–water partition coefficient (Wildman–Crippen LogP) is 2.46. The molecule has 0 aliphatic carbocycles. The highest BCUT2D eigenvalue weighted by molar-refractivity contribution is 6.00. The van der Waals surface area contributed by atoms with Crippen molar-refractivity contribution >= 4 is 22.8 Å². The smallest absolute Gasteiger partial charge is 0.289 e. The number of fused-ring (bicyclic) bond motifs is 1. The van der Waals surface area contributed by atoms with Gasteiger partial charge in [0.1, 0.15) is 5.58 Å². The highest BCUT2D eigenvalue weighted by atomic mass is 16.3. The van der Waals surface area contributed by atoms with Gasteiger partial charge in [0, 0.05) is 24.5 Å². The summed E-state index contributed by atoms with van der Waals surface area (Å²) in [7, 11) is 1.54. The molecule has 140 valence electrons. The minimum absolute atomic E-state index is 0.00932. The zero-order valence-corrected chi connectivity index (χ0v) is 15.8. The largest absolute Gasteiger partial charge is 0.450 e. The summed E-state index contributed by atoms with van der Waals surface area (Å²) in [4.78, 5) is 26.4. The Kier molecular flexibility index (Phi) is 4.80. The van der Waals surface area contributed by atoms with Gasteiger partial charge in [-0.1, -0.05) is 12.1 Å². The topological polar surface area (TPSA) is 82.8 Å². The van der Waals surface area contributed by atoms with Gasteiger partial charge in [-0.15, -0.1) is 0 Å². The van der Waals surface area contributed by atoms with Gasteiger partial charge in [-0.25, -0.2) is 0 Å². The molecule has 0 saturated carbocycles. The SMILES string of the molecule is CNC(=O)CC1(O)CCCN(C(=O)c2oc3c(C)ccc(C)c3c2C)C1. The molecule has 2 aromatic rings. The van der Waals surface area contributed by atoms with Crippen LogP contribution in [0.3, 0.4) is 0 Å². The lowest BCUT2D eigenvalue weighted by molar-refractivity contribution is -0.127. The summed E-state index contributed by atoms with van der Waals surface area (Å²) >= 11 is 0. The molecule has 2 amide bonds. The third-order valence-corrected chi connectivity index (χ3v) is 5.29. The van der Waals surface area contributed by atoms with Gasteiger partial charge in [-0.05, 0) is 44.7 Å². The number of nitrogens with one attached hydrogen (secondary N) is 1. The molecule has 0 radical (unpaired) electrons. The van der Waals surface area contributed by atoms with E-state index in [0.29, 0.717) is 25.1 Å². The second-order valence-corrected chi connectivity index (χ2v) is 7.36. The minimum atomic E-state index is -1.19. The maximum absolute atomic E-state index is 13.1. The van der Waals surface area contributed by atoms with E-state index >= 15 is 0 Å². The molecule has 1 aliphatic rings. The fraction of sp³-hybridized carbons (Fsp3) is 0.500. The lowest BCUT2D eigenvalue weighted by Crippen LogP contribution is -2.52. The first-order valence-electron chi connectivity index (χ1n) is 8.97. The van der Waals surface area contributed by atoms with Crippen molar-refractivity contribution in [2.75, 3.05) is 20.1 Å². The molecule has 1 aliphatic heterocycles. The van der Waals surface area contributed by atoms with Crippen LogP contribution in [0.1, 0.15) is 46.5 Å². The fourth-order valence-electron chi connectivity index (χ4n) is 3.84. The molecule has 0 spiro atoms. The summed E-state index contributed by atoms with van der Waals surface area (Å²) in [5.74, 6) is -0.137. The molecule has 2 heterocycles. The summed E-state index contributed by atoms with van der Waals surface area (Å²) in [6.07, 6.45) is 1.14. The summed E-state index contributed by atoms with van der Waals surface area (Å²) in [5, 5.41) is 14.3. The van der Waals surface area contributed by atoms with Crippen LogP contribution in [0, 0.1) is 20.8 Å². The van der Waals surface area contributed by atoms with Gasteiger partial charge in [-0.3, -0.25) is 9.59 Å². The van der Waals surface area contributed by atoms with E-state index in [-0.39, 0.29) is 24.8 Å². The third-order valence-electron chi connectivity index (χ3n) is 5.29. The lowest BCUT2D eigenvalue weighted by Gasteiger charge is -2.38. The number of hydrogen-bond donors (Lipinski definition) is 2. The number of amides is 2. The Hall–Kier alpha value is -2.34. The van der Waals surface area contributed by atoms with Crippen LogP contribution in [0.15, 0.2) is 16.5 Å². The Balaban J connectivity index is 1.91. The monoisotopic (exact) mass is 358 g/mol. The number of benzene rings is 1. The quantitative estimate of drug-likeness (QED) is 0.883. The van der Waals surface area contributed by atoms with E-state index in [1.54, 1.807) is 11.9 Å². The number of rotatable bonds is 3. The van der Waals surface area contributed by atoms with Gasteiger partial charge in [-0.2, -0.15) is 0 Å². The number of piperidine rings is 1. The number of carbonyl (C=O) groups excluding carboxylic acids is 2. The first kappa shape index (κ1) is 18.5. The molecule has 1 aromatic carbocycles. The van der Waals surface area contributed by atoms with Crippen molar-refractivity contribution in [3.63, 3.8) is 0 Å². The van der Waals surface area contributed by atoms with Crippen LogP contribution in [-0.4, -0.2) is 47.6 Å². The van der Waals surface area contributed by atoms with E-state index in [1.807, 2.05) is 32.9 Å². The normalized spacial score (nSPS) is 20.4. The van der Waals surface area contributed by atoms with Gasteiger partial charge in [0.15, 0.2) is 5.76 Å². The molecule has 0 bridgehead atoms. The highest BCUT2D eigenvalue weighted by Gasteiger charge is 2.38. The molecule has 1 atom stereocenters. The van der Waals surface area contributed by atoms with Gasteiger partial charge in [0.05, 0.1) is 18.6 Å². The molecule has 6 nitrogen and oxygen atoms in total. The average Bonchev–Trinajstić information content (AvgIpc) is 2.96. The van der Waals surface area contributed by atoms with Crippen molar-refractivity contribution in [1.29, 1.82) is 0 Å². The van der Waals surface area contributed by atoms with Crippen LogP contribution in [-0.2, 0) is 4.79 Å². The van der Waals surface area contributed by atoms with Crippen LogP contribution < -0.4 is 5.32 Å². The van der Waals surface area contributed by atoms with Crippen LogP contribution in [0.25, 0.3) is 11.0 Å². The molecule has 1 saturated heterocycles. The number of furan rings is 1. The summed E-state index contributed by atoms with van der Waals surface area (Å²) < 4.78 is 5.94. The third kappa shape index (κ3) is 3.21. The molecular formula is C20H26N2O4. The van der Waals surface area contributed by atoms with E-state index in [1.165, 1.54) is 0 Å². The van der Waals surface area contributed by atoms with E-state index < -0.39 is 5.60 Å². The zero-order chi connectivity index (χ0) is 19.1. The van der Waals surface area contributed by atoms with Crippen molar-refractivity contribution < 1.29 is 19.1 Å². The number of β-amino-alcohol motifs (C(OH)–C–C–N with tert-alkyl or cyclic N) is 1. The standard InChI is InChI=1S/C20H26N2O4/c1-12-6-7-13(2)17-16(12)14(3)18(26-17)19(24)22-9-5-8-20(25,11-22)10-15(23)21-4/h6-7,25H,5,8-11H2,1-4H3,(H,21,23). The average molecular weight is 358 g/mol. The Bertz CT molecular complexity index is 870. The number of likely N-dealkylation sites (tertiary alicyclic amines) is 1. The molecule has 6 heteroatoms. The Morgan fingerprint density at radius 3 is 2.62 bits per heavy atom. The van der Waals surface area contributed by atoms with Gasteiger partial charge in [0.25, 0.3) is 5.91 Å². The first-order chi connectivity index (χ1) is 12.3. The van der Waals surface area contributed by atoms with Crippen molar-refractivity contribution in [3.05, 3.63) is 34.6 Å². The predicted molar refractivity (Wildman–Crippen MR) is 99.2 cm³/mol. The maximum atomic E-state index is 13.1. The number of hydrogen-bond acceptors (Lipinski definition) is 4. The molecular weight excluding hydrogens is 332 g/mol. The van der Waals surface area contributed by atoms with Gasteiger partial charge >= 0.3 is 0 Å². The Morgan fingerprint density at radius 2 is 1.96 bits per heavy atom. The van der Waals surface area contributed by atoms with Crippen molar-refractivity contribution in [2.45, 2.75) is 45.6 Å². The minimum Gasteiger partial charge on any atom is -0.450 e. The van der Waals surface area contributed by atoms with E-state index in [4.69, 9.17) is 4.42 Å². The van der Waals surface area contributed by atoms with E-state index in [2.05, 4.69) is 5.32 Å². The van der Waals surface area contributed by atoms with E-state index in [9.17, 15) is 14.7 Å². The van der Waals surface area contributed by atoms with Gasteiger partial charge < -0.3 is 19.7 Å². The summed E-state index contributed by atoms with van der Waals surface area (Å²) in [6.45, 7) is 6.53. The van der Waals surface area contributed by atoms with Crippen LogP contribution in [0.2, 0.25) is 0 Å². The van der Waals surface area contributed by atoms with Crippen LogP contribution >= 0.6 is 0 Å². The van der Waals surface area contributed by atoms with E-state index in [0.717, 1.165) is 27.7 Å². The molecule has 2 N–H and O–H groups in total. The van der Waals surface area contributed by atoms with Crippen molar-refractivity contribution in [1.82, 2.24) is 10.2 Å². The lowest BCUT2D eigenvalue weighted by atomic mass is 9.89. The highest BCUT2D eigenvalue weighted by Crippen LogP contribution is 2.33. The molecule has 1 aromatic heterocycles. The second kappa shape index (κ2) is 6.76. The second-order valence-electron chi connectivity index (χ2n) is 7.36. The summed E-state index contributed by atoms with van der Waals surface area (Å²) in [6, 6.07) is 4.01. The first-order valence-corrected chi connectivity index (χ1v) is 8.97. The van der Waals surface area contributed by atoms with Crippen LogP contribution in [0.4, 0.5) is 0 Å². The van der Waals surface area contributed by atoms with Gasteiger partial charge in [0.2, 0.25) is 5.91 Å². The molecule has 1 unspecified atom stereocenters. The fourth-order valence-corrected chi connectivity index (χ4v) is 3.84. The van der Waals surface area contributed by atoms with Crippen molar-refractivity contribution in [3.8, 4) is 0 Å². The molecule has 3 rings (SSSR count). The molecule has 1 fully saturated rings. The number of aliphatic hydroxyl groups is 1. The Labute approximate surface area is 153 Å². The van der Waals surface area contributed by atoms with Crippen molar-refractivity contribution in [2.24, 2.45) is 0 Å². The van der Waals surface area contributed by atoms with Crippen LogP contribution in [0.5, 0.6) is 0 Å².